The molecule has 3 heterocycles. The molecule has 0 unspecified atom stereocenters. The zero-order chi connectivity index (χ0) is 33.3. The molecule has 3 aliphatic heterocycles. The zero-order valence-corrected chi connectivity index (χ0v) is 26.8. The fourth-order valence-corrected chi connectivity index (χ4v) is 9.48. The number of amides is 4. The van der Waals surface area contributed by atoms with E-state index in [9.17, 15) is 28.7 Å². The number of phenolic OH excluding ortho intramolecular Hbond substituents is 1. The molecule has 3 saturated heterocycles. The molecular weight excluding hydrogens is 609 g/mol. The Balaban J connectivity index is 1.12. The smallest absolute Gasteiger partial charge is 0.241 e. The zero-order valence-electron chi connectivity index (χ0n) is 26.8. The molecule has 48 heavy (non-hydrogen) atoms. The Labute approximate surface area is 278 Å². The first-order chi connectivity index (χ1) is 23.2. The molecule has 246 valence electrons. The number of fused-ring (bicyclic) bond motifs is 4. The van der Waals surface area contributed by atoms with Crippen molar-refractivity contribution >= 4 is 29.3 Å². The van der Waals surface area contributed by atoms with Crippen LogP contribution in [0.5, 0.6) is 5.75 Å². The first kappa shape index (κ1) is 30.7. The minimum absolute atomic E-state index is 0.151. The molecule has 0 bridgehead atoms. The van der Waals surface area contributed by atoms with Crippen LogP contribution in [0.1, 0.15) is 49.7 Å². The van der Waals surface area contributed by atoms with Crippen LogP contribution >= 0.6 is 0 Å². The summed E-state index contributed by atoms with van der Waals surface area (Å²) in [6.45, 7) is 4.15. The molecule has 5 aliphatic rings. The maximum atomic E-state index is 14.9. The summed E-state index contributed by atoms with van der Waals surface area (Å²) in [4.78, 5) is 62.2. The van der Waals surface area contributed by atoms with E-state index in [4.69, 9.17) is 0 Å². The number of para-hydroxylation sites is 1. The second kappa shape index (κ2) is 11.5. The van der Waals surface area contributed by atoms with Gasteiger partial charge in [-0.05, 0) is 73.9 Å². The van der Waals surface area contributed by atoms with Crippen molar-refractivity contribution in [2.45, 2.75) is 51.1 Å². The molecule has 0 aromatic heterocycles. The van der Waals surface area contributed by atoms with Gasteiger partial charge in [-0.15, -0.1) is 0 Å². The Kier molecular flexibility index (Phi) is 7.36. The number of halogens is 1. The second-order valence-corrected chi connectivity index (χ2v) is 14.2. The third-order valence-electron chi connectivity index (χ3n) is 11.8. The van der Waals surface area contributed by atoms with Gasteiger partial charge >= 0.3 is 0 Å². The summed E-state index contributed by atoms with van der Waals surface area (Å²) in [5.74, 6) is -5.55. The van der Waals surface area contributed by atoms with Gasteiger partial charge in [-0.1, -0.05) is 66.2 Å². The number of benzene rings is 3. The van der Waals surface area contributed by atoms with Gasteiger partial charge in [0.15, 0.2) is 11.6 Å². The first-order valence-electron chi connectivity index (χ1n) is 16.9. The van der Waals surface area contributed by atoms with Crippen molar-refractivity contribution in [1.29, 1.82) is 0 Å². The van der Waals surface area contributed by atoms with Crippen molar-refractivity contribution in [3.8, 4) is 5.75 Å². The van der Waals surface area contributed by atoms with E-state index < -0.39 is 46.6 Å². The summed E-state index contributed by atoms with van der Waals surface area (Å²) >= 11 is 0. The Bertz CT molecular complexity index is 1840. The normalized spacial score (nSPS) is 30.7. The van der Waals surface area contributed by atoms with Crippen LogP contribution in [0.4, 0.5) is 10.1 Å². The van der Waals surface area contributed by atoms with Crippen molar-refractivity contribution in [1.82, 2.24) is 9.80 Å². The monoisotopic (exact) mass is 647 g/mol. The summed E-state index contributed by atoms with van der Waals surface area (Å²) in [7, 11) is 0. The van der Waals surface area contributed by atoms with E-state index in [-0.39, 0.29) is 36.1 Å². The third kappa shape index (κ3) is 4.58. The van der Waals surface area contributed by atoms with Crippen LogP contribution in [-0.4, -0.2) is 57.7 Å². The van der Waals surface area contributed by atoms with Crippen molar-refractivity contribution in [3.63, 3.8) is 0 Å². The molecule has 1 N–H and O–H groups in total. The van der Waals surface area contributed by atoms with Gasteiger partial charge in [-0.25, -0.2) is 9.29 Å². The highest BCUT2D eigenvalue weighted by atomic mass is 19.1. The van der Waals surface area contributed by atoms with Gasteiger partial charge in [0, 0.05) is 31.6 Å². The van der Waals surface area contributed by atoms with Crippen molar-refractivity contribution in [2.24, 2.45) is 29.1 Å². The number of nitrogens with zero attached hydrogens (tertiary/aromatic N) is 3. The van der Waals surface area contributed by atoms with E-state index in [2.05, 4.69) is 17.0 Å². The number of piperidine rings is 1. The number of hydrogen-bond donors (Lipinski definition) is 1. The van der Waals surface area contributed by atoms with Crippen LogP contribution in [0.15, 0.2) is 90.5 Å². The summed E-state index contributed by atoms with van der Waals surface area (Å²) < 4.78 is 14.9. The number of likely N-dealkylation sites (tertiary alicyclic amines) is 2. The van der Waals surface area contributed by atoms with Gasteiger partial charge in [0.2, 0.25) is 23.6 Å². The van der Waals surface area contributed by atoms with Gasteiger partial charge < -0.3 is 5.11 Å². The lowest BCUT2D eigenvalue weighted by Gasteiger charge is -2.49. The average Bonchev–Trinajstić information content (AvgIpc) is 3.46. The predicted octanol–water partition coefficient (Wildman–Crippen LogP) is 5.43. The number of allylic oxidation sites excluding steroid dienone is 2. The third-order valence-corrected chi connectivity index (χ3v) is 11.8. The summed E-state index contributed by atoms with van der Waals surface area (Å²) in [6, 6.07) is 23.0. The topological polar surface area (TPSA) is 98.2 Å². The van der Waals surface area contributed by atoms with Gasteiger partial charge in [0.1, 0.15) is 0 Å². The Morgan fingerprint density at radius 3 is 2.23 bits per heavy atom. The number of hydrogen-bond acceptors (Lipinski definition) is 6. The van der Waals surface area contributed by atoms with E-state index in [1.54, 1.807) is 37.3 Å². The summed E-state index contributed by atoms with van der Waals surface area (Å²) in [5.41, 5.74) is 1.69. The lowest BCUT2D eigenvalue weighted by atomic mass is 9.51. The lowest BCUT2D eigenvalue weighted by Crippen LogP contribution is -2.49. The molecule has 0 radical (unpaired) electrons. The van der Waals surface area contributed by atoms with Crippen LogP contribution in [0.3, 0.4) is 0 Å². The Hall–Kier alpha value is -4.63. The van der Waals surface area contributed by atoms with Crippen LogP contribution in [0.25, 0.3) is 0 Å². The molecular formula is C39H38FN3O5. The number of carbonyl (C=O) groups excluding carboxylic acids is 4. The molecule has 8 rings (SSSR count). The van der Waals surface area contributed by atoms with Gasteiger partial charge in [-0.2, -0.15) is 0 Å². The van der Waals surface area contributed by atoms with E-state index in [0.717, 1.165) is 25.2 Å². The van der Waals surface area contributed by atoms with E-state index in [1.165, 1.54) is 27.5 Å². The molecule has 0 spiro atoms. The fourth-order valence-electron chi connectivity index (χ4n) is 9.48. The molecule has 3 aromatic carbocycles. The maximum absolute atomic E-state index is 14.9. The van der Waals surface area contributed by atoms with Crippen molar-refractivity contribution in [3.05, 3.63) is 107 Å². The van der Waals surface area contributed by atoms with E-state index in [0.29, 0.717) is 30.5 Å². The van der Waals surface area contributed by atoms with Gasteiger partial charge in [-0.3, -0.25) is 29.0 Å². The first-order valence-corrected chi connectivity index (χ1v) is 16.9. The highest BCUT2D eigenvalue weighted by Gasteiger charge is 2.67. The maximum Gasteiger partial charge on any atom is 0.241 e. The number of imide groups is 2. The number of aromatic hydroxyl groups is 1. The Morgan fingerprint density at radius 2 is 1.54 bits per heavy atom. The highest BCUT2D eigenvalue weighted by molar-refractivity contribution is 6.24. The standard InChI is InChI=1S/C39H38FN3O5/c1-39-30(36(46)43(38(39)48)25-10-6-3-7-11-25)21-29-27(34(39)24-12-15-32(44)31(40)20-24)13-14-28-33(29)37(47)42(35(28)45)26-16-18-41(19-17-26)22-23-8-4-2-5-9-23/h2-13,15,20,26,28-30,33-34,44H,14,16-19,21-22H2,1H3/t28-,29+,30-,33-,34-,39+/m0/s1. The summed E-state index contributed by atoms with van der Waals surface area (Å²) in [6.07, 6.45) is 3.96. The Morgan fingerprint density at radius 1 is 0.854 bits per heavy atom. The number of anilines is 1. The molecule has 6 atom stereocenters. The van der Waals surface area contributed by atoms with Crippen LogP contribution in [0.2, 0.25) is 0 Å². The molecule has 1 saturated carbocycles. The highest BCUT2D eigenvalue weighted by Crippen LogP contribution is 2.63. The molecule has 8 nitrogen and oxygen atoms in total. The minimum atomic E-state index is -1.26. The molecule has 4 amide bonds. The lowest BCUT2D eigenvalue weighted by molar-refractivity contribution is -0.144. The molecule has 2 aliphatic carbocycles. The second-order valence-electron chi connectivity index (χ2n) is 14.2. The van der Waals surface area contributed by atoms with Crippen molar-refractivity contribution in [2.75, 3.05) is 18.0 Å². The van der Waals surface area contributed by atoms with Crippen LogP contribution in [0, 0.1) is 34.9 Å². The summed E-state index contributed by atoms with van der Waals surface area (Å²) in [5, 5.41) is 10.0. The number of phenols is 1. The SMILES string of the molecule is C[C@@]12C(=O)N(c3ccccc3)C(=O)[C@@H]1C[C@@H]1C(=CC[C@@H]3C(=O)N(C4CCN(Cc5ccccc5)CC4)C(=O)[C@@H]31)[C@@H]2c1ccc(O)c(F)c1. The average molecular weight is 648 g/mol. The van der Waals surface area contributed by atoms with E-state index >= 15 is 0 Å². The van der Waals surface area contributed by atoms with Crippen LogP contribution in [-0.2, 0) is 25.7 Å². The van der Waals surface area contributed by atoms with Crippen molar-refractivity contribution < 1.29 is 28.7 Å². The molecule has 3 aromatic rings. The predicted molar refractivity (Wildman–Crippen MR) is 176 cm³/mol. The molecule has 9 heteroatoms. The van der Waals surface area contributed by atoms with Crippen LogP contribution < -0.4 is 4.90 Å². The number of carbonyl (C=O) groups is 4. The van der Waals surface area contributed by atoms with E-state index in [1.807, 2.05) is 30.3 Å². The fraction of sp³-hybridized carbons (Fsp3) is 0.385. The van der Waals surface area contributed by atoms with Gasteiger partial charge in [0.05, 0.1) is 28.9 Å². The number of rotatable bonds is 5. The molecule has 4 fully saturated rings. The quantitative estimate of drug-likeness (QED) is 0.293. The minimum Gasteiger partial charge on any atom is -0.505 e. The largest absolute Gasteiger partial charge is 0.505 e. The van der Waals surface area contributed by atoms with Gasteiger partial charge in [0.25, 0.3) is 0 Å².